The Balaban J connectivity index is 1.63. The molecule has 1 aromatic carbocycles. The third-order valence-electron chi connectivity index (χ3n) is 6.19. The summed E-state index contributed by atoms with van der Waals surface area (Å²) < 4.78 is 4.93. The third-order valence-corrected chi connectivity index (χ3v) is 6.19. The highest BCUT2D eigenvalue weighted by Gasteiger charge is 2.24. The van der Waals surface area contributed by atoms with Gasteiger partial charge in [0.2, 0.25) is 5.91 Å². The van der Waals surface area contributed by atoms with Crippen LogP contribution in [0.4, 0.5) is 0 Å². The summed E-state index contributed by atoms with van der Waals surface area (Å²) >= 11 is 0. The smallest absolute Gasteiger partial charge is 0.280 e. The highest BCUT2D eigenvalue weighted by atomic mass is 16.2. The van der Waals surface area contributed by atoms with Crippen LogP contribution in [0.15, 0.2) is 59.7 Å². The molecule has 1 amide bonds. The van der Waals surface area contributed by atoms with E-state index in [4.69, 9.17) is 5.10 Å². The minimum absolute atomic E-state index is 0.0639. The second-order valence-electron chi connectivity index (χ2n) is 8.50. The normalized spacial score (nSPS) is 14.9. The van der Waals surface area contributed by atoms with Crippen molar-refractivity contribution in [1.29, 1.82) is 0 Å². The number of para-hydroxylation sites is 1. The molecule has 3 aromatic heterocycles. The first-order valence-electron chi connectivity index (χ1n) is 11.0. The van der Waals surface area contributed by atoms with Crippen LogP contribution < -0.4 is 5.56 Å². The van der Waals surface area contributed by atoms with Crippen molar-refractivity contribution in [3.63, 3.8) is 0 Å². The lowest BCUT2D eigenvalue weighted by molar-refractivity contribution is -0.133. The fourth-order valence-electron chi connectivity index (χ4n) is 4.32. The number of carbonyl (C=O) groups excluding carboxylic acids is 1. The number of fused-ring (bicyclic) bond motifs is 1. The van der Waals surface area contributed by atoms with Gasteiger partial charge in [-0.2, -0.15) is 10.2 Å². The lowest BCUT2D eigenvalue weighted by atomic mass is 9.99. The molecule has 0 unspecified atom stereocenters. The number of benzene rings is 1. The molecule has 32 heavy (non-hydrogen) atoms. The highest BCUT2D eigenvalue weighted by Crippen LogP contribution is 2.24. The zero-order valence-electron chi connectivity index (χ0n) is 18.3. The Morgan fingerprint density at radius 3 is 2.41 bits per heavy atom. The van der Waals surface area contributed by atoms with E-state index in [1.165, 1.54) is 4.68 Å². The van der Waals surface area contributed by atoms with Crippen LogP contribution in [0.5, 0.6) is 0 Å². The molecule has 1 saturated heterocycles. The summed E-state index contributed by atoms with van der Waals surface area (Å²) in [7, 11) is 0. The van der Waals surface area contributed by atoms with E-state index < -0.39 is 0 Å². The molecule has 1 aliphatic heterocycles. The number of rotatable bonds is 4. The van der Waals surface area contributed by atoms with Crippen molar-refractivity contribution in [2.75, 3.05) is 13.1 Å². The number of likely N-dealkylation sites (tertiary alicyclic amines) is 1. The summed E-state index contributed by atoms with van der Waals surface area (Å²) in [5.41, 5.74) is 1.69. The molecular formula is C24H26N6O2. The molecule has 5 rings (SSSR count). The second kappa shape index (κ2) is 8.11. The van der Waals surface area contributed by atoms with Gasteiger partial charge in [-0.1, -0.05) is 25.1 Å². The Hall–Kier alpha value is -3.68. The van der Waals surface area contributed by atoms with E-state index in [-0.39, 0.29) is 18.0 Å². The summed E-state index contributed by atoms with van der Waals surface area (Å²) in [6.07, 6.45) is 5.76. The molecule has 1 aliphatic rings. The van der Waals surface area contributed by atoms with Crippen molar-refractivity contribution in [2.45, 2.75) is 33.2 Å². The monoisotopic (exact) mass is 430 g/mol. The molecule has 0 saturated carbocycles. The molecule has 0 radical (unpaired) electrons. The van der Waals surface area contributed by atoms with Crippen molar-refractivity contribution in [2.24, 2.45) is 5.92 Å². The first kappa shape index (κ1) is 20.2. The number of aryl methyl sites for hydroxylation is 1. The summed E-state index contributed by atoms with van der Waals surface area (Å²) in [4.78, 5) is 28.3. The maximum absolute atomic E-state index is 13.6. The largest absolute Gasteiger partial charge is 0.341 e. The molecule has 0 N–H and O–H groups in total. The molecule has 8 nitrogen and oxygen atoms in total. The zero-order valence-corrected chi connectivity index (χ0v) is 18.3. The second-order valence-corrected chi connectivity index (χ2v) is 8.50. The summed E-state index contributed by atoms with van der Waals surface area (Å²) in [5.74, 6) is 1.20. The van der Waals surface area contributed by atoms with Crippen LogP contribution in [-0.4, -0.2) is 48.0 Å². The van der Waals surface area contributed by atoms with Gasteiger partial charge in [-0.25, -0.2) is 9.36 Å². The highest BCUT2D eigenvalue weighted by molar-refractivity contribution is 5.88. The van der Waals surface area contributed by atoms with Gasteiger partial charge < -0.3 is 9.47 Å². The van der Waals surface area contributed by atoms with Crippen molar-refractivity contribution >= 4 is 16.8 Å². The SMILES string of the molecule is Cc1nn(CC(=O)N2CCC(C)CC2)c(=O)c2c(-n3cccc3)n(-c3ccccc3)nc12. The number of hydrogen-bond acceptors (Lipinski definition) is 4. The number of nitrogens with zero attached hydrogens (tertiary/aromatic N) is 6. The molecule has 0 spiro atoms. The lowest BCUT2D eigenvalue weighted by Gasteiger charge is -2.30. The number of aromatic nitrogens is 5. The predicted molar refractivity (Wildman–Crippen MR) is 122 cm³/mol. The van der Waals surface area contributed by atoms with E-state index >= 15 is 0 Å². The Kier molecular flexibility index (Phi) is 5.13. The van der Waals surface area contributed by atoms with Crippen LogP contribution in [0.2, 0.25) is 0 Å². The average Bonchev–Trinajstić information content (AvgIpc) is 3.46. The van der Waals surface area contributed by atoms with Gasteiger partial charge >= 0.3 is 0 Å². The maximum Gasteiger partial charge on any atom is 0.280 e. The van der Waals surface area contributed by atoms with Gasteiger partial charge in [-0.15, -0.1) is 0 Å². The zero-order chi connectivity index (χ0) is 22.2. The quantitative estimate of drug-likeness (QED) is 0.499. The molecule has 0 atom stereocenters. The van der Waals surface area contributed by atoms with Crippen LogP contribution in [-0.2, 0) is 11.3 Å². The minimum Gasteiger partial charge on any atom is -0.341 e. The molecular weight excluding hydrogens is 404 g/mol. The van der Waals surface area contributed by atoms with E-state index in [0.29, 0.717) is 28.3 Å². The van der Waals surface area contributed by atoms with Crippen molar-refractivity contribution in [3.8, 4) is 11.5 Å². The van der Waals surface area contributed by atoms with E-state index in [1.807, 2.05) is 71.2 Å². The van der Waals surface area contributed by atoms with E-state index in [9.17, 15) is 9.59 Å². The van der Waals surface area contributed by atoms with E-state index in [1.54, 1.807) is 4.68 Å². The van der Waals surface area contributed by atoms with Crippen LogP contribution in [0, 0.1) is 12.8 Å². The summed E-state index contributed by atoms with van der Waals surface area (Å²) in [6.45, 7) is 5.43. The molecule has 4 aromatic rings. The Labute approximate surface area is 185 Å². The van der Waals surface area contributed by atoms with Crippen molar-refractivity contribution < 1.29 is 4.79 Å². The van der Waals surface area contributed by atoms with Gasteiger partial charge in [-0.3, -0.25) is 9.59 Å². The van der Waals surface area contributed by atoms with E-state index in [2.05, 4.69) is 12.0 Å². The molecule has 0 aliphatic carbocycles. The van der Waals surface area contributed by atoms with Gasteiger partial charge in [0.15, 0.2) is 5.82 Å². The number of hydrogen-bond donors (Lipinski definition) is 0. The average molecular weight is 431 g/mol. The van der Waals surface area contributed by atoms with E-state index in [0.717, 1.165) is 31.6 Å². The first-order chi connectivity index (χ1) is 15.5. The first-order valence-corrected chi connectivity index (χ1v) is 11.0. The minimum atomic E-state index is -0.310. The van der Waals surface area contributed by atoms with Gasteiger partial charge in [0.25, 0.3) is 5.56 Å². The Morgan fingerprint density at radius 1 is 1.03 bits per heavy atom. The van der Waals surface area contributed by atoms with Gasteiger partial charge in [0, 0.05) is 25.5 Å². The molecule has 8 heteroatoms. The fraction of sp³-hybridized carbons (Fsp3) is 0.333. The Bertz CT molecular complexity index is 1310. The van der Waals surface area contributed by atoms with Crippen LogP contribution in [0.1, 0.15) is 25.5 Å². The van der Waals surface area contributed by atoms with Crippen molar-refractivity contribution in [3.05, 3.63) is 70.9 Å². The number of carbonyl (C=O) groups is 1. The predicted octanol–water partition coefficient (Wildman–Crippen LogP) is 2.94. The number of amides is 1. The fourth-order valence-corrected chi connectivity index (χ4v) is 4.32. The van der Waals surface area contributed by atoms with Crippen LogP contribution in [0.3, 0.4) is 0 Å². The maximum atomic E-state index is 13.6. The van der Waals surface area contributed by atoms with Crippen LogP contribution >= 0.6 is 0 Å². The number of piperidine rings is 1. The van der Waals surface area contributed by atoms with Gasteiger partial charge in [0.05, 0.1) is 11.4 Å². The summed E-state index contributed by atoms with van der Waals surface area (Å²) in [5, 5.41) is 9.65. The lowest BCUT2D eigenvalue weighted by Crippen LogP contribution is -2.41. The third kappa shape index (κ3) is 3.51. The standard InChI is InChI=1S/C24H26N6O2/c1-17-10-14-27(15-11-17)20(31)16-29-24(32)21-22(18(2)25-29)26-30(19-8-4-3-5-9-19)23(21)28-12-6-7-13-28/h3-9,12-13,17H,10-11,14-16H2,1-2H3. The topological polar surface area (TPSA) is 78.0 Å². The molecule has 4 heterocycles. The van der Waals surface area contributed by atoms with Gasteiger partial charge in [-0.05, 0) is 49.9 Å². The molecule has 1 fully saturated rings. The van der Waals surface area contributed by atoms with Crippen LogP contribution in [0.25, 0.3) is 22.4 Å². The summed E-state index contributed by atoms with van der Waals surface area (Å²) in [6, 6.07) is 13.5. The van der Waals surface area contributed by atoms with Gasteiger partial charge in [0.1, 0.15) is 17.4 Å². The Morgan fingerprint density at radius 2 is 1.72 bits per heavy atom. The molecule has 0 bridgehead atoms. The van der Waals surface area contributed by atoms with Crippen molar-refractivity contribution in [1.82, 2.24) is 29.0 Å². The molecule has 164 valence electrons.